The first-order valence-corrected chi connectivity index (χ1v) is 7.62. The Balaban J connectivity index is 2.29. The normalized spacial score (nSPS) is 16.5. The maximum absolute atomic E-state index is 12.8. The second-order valence-corrected chi connectivity index (χ2v) is 7.04. The van der Waals surface area contributed by atoms with Gasteiger partial charge < -0.3 is 0 Å². The van der Waals surface area contributed by atoms with Gasteiger partial charge in [0.05, 0.1) is 4.90 Å². The molecule has 0 N–H and O–H groups in total. The van der Waals surface area contributed by atoms with Crippen LogP contribution in [0.4, 0.5) is 4.39 Å². The van der Waals surface area contributed by atoms with E-state index in [1.165, 1.54) is 24.3 Å². The Morgan fingerprint density at radius 3 is 2.28 bits per heavy atom. The highest BCUT2D eigenvalue weighted by Gasteiger charge is 2.38. The average molecular weight is 271 g/mol. The van der Waals surface area contributed by atoms with E-state index in [-0.39, 0.29) is 16.9 Å². The number of rotatable bonds is 5. The van der Waals surface area contributed by atoms with Crippen LogP contribution in [0, 0.1) is 11.7 Å². The zero-order chi connectivity index (χ0) is 13.3. The number of hydrogen-bond donors (Lipinski definition) is 0. The highest BCUT2D eigenvalue weighted by molar-refractivity contribution is 7.89. The van der Waals surface area contributed by atoms with Crippen molar-refractivity contribution in [3.8, 4) is 0 Å². The van der Waals surface area contributed by atoms with Gasteiger partial charge in [0.15, 0.2) is 0 Å². The van der Waals surface area contributed by atoms with Gasteiger partial charge in [-0.3, -0.25) is 0 Å². The molecular formula is C13H18FNO2S. The summed E-state index contributed by atoms with van der Waals surface area (Å²) in [4.78, 5) is 0.177. The fourth-order valence-corrected chi connectivity index (χ4v) is 3.76. The van der Waals surface area contributed by atoms with Gasteiger partial charge in [-0.05, 0) is 43.0 Å². The predicted molar refractivity (Wildman–Crippen MR) is 68.2 cm³/mol. The van der Waals surface area contributed by atoms with E-state index in [4.69, 9.17) is 0 Å². The molecule has 18 heavy (non-hydrogen) atoms. The maximum atomic E-state index is 12.8. The minimum atomic E-state index is -3.48. The smallest absolute Gasteiger partial charge is 0.207 e. The zero-order valence-corrected chi connectivity index (χ0v) is 11.5. The molecule has 0 amide bonds. The Labute approximate surface area is 108 Å². The third-order valence-electron chi connectivity index (χ3n) is 2.92. The molecule has 1 saturated carbocycles. The van der Waals surface area contributed by atoms with Gasteiger partial charge in [0.25, 0.3) is 0 Å². The molecule has 1 aliphatic rings. The zero-order valence-electron chi connectivity index (χ0n) is 10.6. The second-order valence-electron chi connectivity index (χ2n) is 5.15. The number of hydrogen-bond acceptors (Lipinski definition) is 2. The molecule has 0 heterocycles. The van der Waals surface area contributed by atoms with Crippen LogP contribution in [0.25, 0.3) is 0 Å². The van der Waals surface area contributed by atoms with Crippen molar-refractivity contribution >= 4 is 10.0 Å². The van der Waals surface area contributed by atoms with Gasteiger partial charge in [0.1, 0.15) is 5.82 Å². The molecule has 0 aliphatic heterocycles. The Kier molecular flexibility index (Phi) is 3.73. The molecule has 0 unspecified atom stereocenters. The van der Waals surface area contributed by atoms with Crippen LogP contribution in [0.1, 0.15) is 26.7 Å². The molecule has 5 heteroatoms. The lowest BCUT2D eigenvalue weighted by molar-refractivity contribution is 0.360. The summed E-state index contributed by atoms with van der Waals surface area (Å²) in [5, 5.41) is 0. The molecule has 0 radical (unpaired) electrons. The van der Waals surface area contributed by atoms with Gasteiger partial charge in [0.2, 0.25) is 10.0 Å². The van der Waals surface area contributed by atoms with E-state index in [0.717, 1.165) is 12.8 Å². The highest BCUT2D eigenvalue weighted by Crippen LogP contribution is 2.32. The minimum Gasteiger partial charge on any atom is -0.207 e. The molecule has 100 valence electrons. The number of benzene rings is 1. The predicted octanol–water partition coefficient (Wildman–Crippen LogP) is 2.63. The Bertz CT molecular complexity index is 506. The number of halogens is 1. The topological polar surface area (TPSA) is 37.4 Å². The molecule has 0 spiro atoms. The van der Waals surface area contributed by atoms with E-state index in [0.29, 0.717) is 6.54 Å². The number of sulfonamides is 1. The Morgan fingerprint density at radius 1 is 1.28 bits per heavy atom. The van der Waals surface area contributed by atoms with Crippen molar-refractivity contribution in [2.24, 2.45) is 5.92 Å². The SMILES string of the molecule is CC(C)CN(C1CC1)S(=O)(=O)c1ccc(F)cc1. The summed E-state index contributed by atoms with van der Waals surface area (Å²) < 4.78 is 39.3. The van der Waals surface area contributed by atoms with Crippen molar-refractivity contribution in [2.75, 3.05) is 6.54 Å². The third-order valence-corrected chi connectivity index (χ3v) is 4.85. The molecule has 1 aromatic rings. The van der Waals surface area contributed by atoms with Crippen molar-refractivity contribution < 1.29 is 12.8 Å². The lowest BCUT2D eigenvalue weighted by Crippen LogP contribution is -2.36. The van der Waals surface area contributed by atoms with Crippen LogP contribution in [0.2, 0.25) is 0 Å². The molecule has 2 rings (SSSR count). The van der Waals surface area contributed by atoms with E-state index in [2.05, 4.69) is 0 Å². The first kappa shape index (κ1) is 13.5. The van der Waals surface area contributed by atoms with Crippen LogP contribution in [0.15, 0.2) is 29.2 Å². The molecule has 3 nitrogen and oxygen atoms in total. The Morgan fingerprint density at radius 2 is 1.83 bits per heavy atom. The van der Waals surface area contributed by atoms with Gasteiger partial charge >= 0.3 is 0 Å². The first-order valence-electron chi connectivity index (χ1n) is 6.18. The lowest BCUT2D eigenvalue weighted by atomic mass is 10.2. The van der Waals surface area contributed by atoms with E-state index in [1.807, 2.05) is 13.8 Å². The van der Waals surface area contributed by atoms with Crippen molar-refractivity contribution in [1.29, 1.82) is 0 Å². The number of nitrogens with zero attached hydrogens (tertiary/aromatic N) is 1. The van der Waals surface area contributed by atoms with Crippen LogP contribution < -0.4 is 0 Å². The van der Waals surface area contributed by atoms with E-state index in [9.17, 15) is 12.8 Å². The Hall–Kier alpha value is -0.940. The van der Waals surface area contributed by atoms with Gasteiger partial charge in [-0.15, -0.1) is 0 Å². The monoisotopic (exact) mass is 271 g/mol. The first-order chi connectivity index (χ1) is 8.41. The highest BCUT2D eigenvalue weighted by atomic mass is 32.2. The molecule has 0 saturated heterocycles. The van der Waals surface area contributed by atoms with Gasteiger partial charge in [-0.1, -0.05) is 13.8 Å². The quantitative estimate of drug-likeness (QED) is 0.825. The van der Waals surface area contributed by atoms with Gasteiger partial charge in [-0.25, -0.2) is 12.8 Å². The fourth-order valence-electron chi connectivity index (χ4n) is 1.91. The molecule has 0 atom stereocenters. The van der Waals surface area contributed by atoms with Crippen molar-refractivity contribution in [1.82, 2.24) is 4.31 Å². The summed E-state index contributed by atoms with van der Waals surface area (Å²) >= 11 is 0. The van der Waals surface area contributed by atoms with E-state index in [1.54, 1.807) is 4.31 Å². The van der Waals surface area contributed by atoms with Crippen LogP contribution in [0.3, 0.4) is 0 Å². The average Bonchev–Trinajstić information content (AvgIpc) is 3.10. The fraction of sp³-hybridized carbons (Fsp3) is 0.538. The summed E-state index contributed by atoms with van der Waals surface area (Å²) in [5.74, 6) is -0.142. The third kappa shape index (κ3) is 2.90. The van der Waals surface area contributed by atoms with Crippen molar-refractivity contribution in [2.45, 2.75) is 37.6 Å². The maximum Gasteiger partial charge on any atom is 0.243 e. The molecule has 1 aliphatic carbocycles. The summed E-state index contributed by atoms with van der Waals surface area (Å²) in [6, 6.07) is 5.17. The second kappa shape index (κ2) is 4.97. The van der Waals surface area contributed by atoms with Gasteiger partial charge in [0, 0.05) is 12.6 Å². The lowest BCUT2D eigenvalue weighted by Gasteiger charge is -2.23. The van der Waals surface area contributed by atoms with Crippen LogP contribution >= 0.6 is 0 Å². The van der Waals surface area contributed by atoms with Crippen LogP contribution in [-0.4, -0.2) is 25.3 Å². The van der Waals surface area contributed by atoms with Crippen molar-refractivity contribution in [3.05, 3.63) is 30.1 Å². The molecule has 0 aromatic heterocycles. The summed E-state index contributed by atoms with van der Waals surface area (Å²) in [5.41, 5.74) is 0. The largest absolute Gasteiger partial charge is 0.243 e. The molecule has 1 aromatic carbocycles. The minimum absolute atomic E-state index is 0.127. The van der Waals surface area contributed by atoms with Crippen LogP contribution in [0.5, 0.6) is 0 Å². The van der Waals surface area contributed by atoms with Gasteiger partial charge in [-0.2, -0.15) is 4.31 Å². The summed E-state index contributed by atoms with van der Waals surface area (Å²) in [7, 11) is -3.48. The standard InChI is InChI=1S/C13H18FNO2S/c1-10(2)9-15(12-5-6-12)18(16,17)13-7-3-11(14)4-8-13/h3-4,7-8,10,12H,5-6,9H2,1-2H3. The summed E-state index contributed by atoms with van der Waals surface area (Å²) in [6.07, 6.45) is 1.85. The molecule has 1 fully saturated rings. The van der Waals surface area contributed by atoms with Crippen LogP contribution in [-0.2, 0) is 10.0 Å². The van der Waals surface area contributed by atoms with E-state index >= 15 is 0 Å². The molecule has 0 bridgehead atoms. The molecular weight excluding hydrogens is 253 g/mol. The van der Waals surface area contributed by atoms with E-state index < -0.39 is 15.8 Å². The van der Waals surface area contributed by atoms with Crippen molar-refractivity contribution in [3.63, 3.8) is 0 Å². The summed E-state index contributed by atoms with van der Waals surface area (Å²) in [6.45, 7) is 4.51.